The van der Waals surface area contributed by atoms with E-state index < -0.39 is 5.54 Å². The molecule has 27 heavy (non-hydrogen) atoms. The largest absolute Gasteiger partial charge is 0.343 e. The summed E-state index contributed by atoms with van der Waals surface area (Å²) in [6.07, 6.45) is 7.80. The maximum atomic E-state index is 12.6. The van der Waals surface area contributed by atoms with E-state index in [1.807, 2.05) is 6.07 Å². The van der Waals surface area contributed by atoms with Gasteiger partial charge in [-0.2, -0.15) is 4.98 Å². The van der Waals surface area contributed by atoms with E-state index in [1.54, 1.807) is 26.2 Å². The maximum Gasteiger partial charge on any atom is 0.250 e. The summed E-state index contributed by atoms with van der Waals surface area (Å²) in [7, 11) is 1.72. The molecule has 3 rings (SSSR count). The summed E-state index contributed by atoms with van der Waals surface area (Å²) in [5.41, 5.74) is 0.352. The number of hydrogen-bond donors (Lipinski definition) is 1. The van der Waals surface area contributed by atoms with Gasteiger partial charge in [0.1, 0.15) is 5.54 Å². The molecule has 146 valence electrons. The molecule has 1 saturated carbocycles. The molecule has 1 N–H and O–H groups in total. The van der Waals surface area contributed by atoms with Crippen LogP contribution in [-0.4, -0.2) is 26.4 Å². The van der Waals surface area contributed by atoms with Gasteiger partial charge in [-0.05, 0) is 24.5 Å². The van der Waals surface area contributed by atoms with E-state index in [0.717, 1.165) is 44.1 Å². The monoisotopic (exact) mass is 390 g/mol. The highest BCUT2D eigenvalue weighted by atomic mass is 32.2. The Morgan fingerprint density at radius 1 is 1.33 bits per heavy atom. The molecule has 1 aliphatic carbocycles. The number of aromatic nitrogens is 3. The molecule has 1 aliphatic rings. The molecular formula is C19H26N4O3S. The number of carbonyl (C=O) groups excluding carboxylic acids is 1. The number of hydrogen-bond acceptors (Lipinski definition) is 6. The summed E-state index contributed by atoms with van der Waals surface area (Å²) in [6.45, 7) is 1.77. The van der Waals surface area contributed by atoms with E-state index in [-0.39, 0.29) is 11.5 Å². The highest BCUT2D eigenvalue weighted by molar-refractivity contribution is 7.99. The summed E-state index contributed by atoms with van der Waals surface area (Å²) in [4.78, 5) is 28.7. The lowest BCUT2D eigenvalue weighted by Crippen LogP contribution is -2.47. The van der Waals surface area contributed by atoms with Gasteiger partial charge in [0.15, 0.2) is 5.82 Å². The van der Waals surface area contributed by atoms with Crippen LogP contribution in [0.5, 0.6) is 0 Å². The third kappa shape index (κ3) is 5.00. The summed E-state index contributed by atoms with van der Waals surface area (Å²) in [5, 5.41) is 7.31. The Morgan fingerprint density at radius 2 is 2.07 bits per heavy atom. The average Bonchev–Trinajstić information content (AvgIpc) is 2.94. The van der Waals surface area contributed by atoms with Gasteiger partial charge in [-0.3, -0.25) is 9.59 Å². The molecule has 7 nitrogen and oxygen atoms in total. The fourth-order valence-corrected chi connectivity index (χ4v) is 4.25. The van der Waals surface area contributed by atoms with Crippen molar-refractivity contribution in [1.29, 1.82) is 0 Å². The number of nitrogens with one attached hydrogen (secondary N) is 1. The Kier molecular flexibility index (Phi) is 6.36. The van der Waals surface area contributed by atoms with Gasteiger partial charge in [0.05, 0.1) is 5.75 Å². The number of thioether (sulfide) groups is 1. The van der Waals surface area contributed by atoms with Crippen molar-refractivity contribution in [3.05, 3.63) is 46.0 Å². The zero-order valence-electron chi connectivity index (χ0n) is 15.9. The van der Waals surface area contributed by atoms with Crippen LogP contribution in [-0.2, 0) is 23.1 Å². The third-order valence-electron chi connectivity index (χ3n) is 4.96. The molecule has 2 aromatic heterocycles. The second-order valence-corrected chi connectivity index (χ2v) is 8.14. The number of nitrogens with zero attached hydrogens (tertiary/aromatic N) is 3. The second kappa shape index (κ2) is 8.73. The summed E-state index contributed by atoms with van der Waals surface area (Å²) in [6, 6.07) is 3.51. The van der Waals surface area contributed by atoms with Crippen molar-refractivity contribution in [2.75, 3.05) is 5.75 Å². The number of aryl methyl sites for hydroxylation is 2. The molecule has 0 unspecified atom stereocenters. The number of pyridine rings is 1. The predicted octanol–water partition coefficient (Wildman–Crippen LogP) is 2.68. The normalized spacial score (nSPS) is 16.7. The Balaban J connectivity index is 1.62. The molecule has 0 atom stereocenters. The molecule has 2 aromatic rings. The smallest absolute Gasteiger partial charge is 0.250 e. The molecule has 1 amide bonds. The van der Waals surface area contributed by atoms with Crippen LogP contribution in [0.15, 0.2) is 27.6 Å². The molecule has 0 saturated heterocycles. The SMILES string of the molecule is Cc1nc(C2(NC(=O)CSCc3ccn(C)c(=O)c3)CCCCCC2)no1. The van der Waals surface area contributed by atoms with Gasteiger partial charge < -0.3 is 14.4 Å². The number of amides is 1. The minimum atomic E-state index is -0.533. The molecule has 1 fully saturated rings. The molecule has 2 heterocycles. The first-order valence-electron chi connectivity index (χ1n) is 9.34. The summed E-state index contributed by atoms with van der Waals surface area (Å²) in [5.74, 6) is 2.02. The molecule has 8 heteroatoms. The Morgan fingerprint density at radius 3 is 2.70 bits per heavy atom. The van der Waals surface area contributed by atoms with E-state index in [2.05, 4.69) is 15.5 Å². The Labute approximate surface area is 162 Å². The number of rotatable bonds is 6. The van der Waals surface area contributed by atoms with Gasteiger partial charge in [0.25, 0.3) is 5.56 Å². The summed E-state index contributed by atoms with van der Waals surface area (Å²) < 4.78 is 6.71. The number of carbonyl (C=O) groups is 1. The maximum absolute atomic E-state index is 12.6. The van der Waals surface area contributed by atoms with Gasteiger partial charge in [0, 0.05) is 32.0 Å². The molecule has 0 aromatic carbocycles. The van der Waals surface area contributed by atoms with E-state index in [9.17, 15) is 9.59 Å². The van der Waals surface area contributed by atoms with Crippen molar-refractivity contribution < 1.29 is 9.32 Å². The Bertz CT molecular complexity index is 837. The molecule has 0 bridgehead atoms. The van der Waals surface area contributed by atoms with Crippen molar-refractivity contribution in [2.24, 2.45) is 7.05 Å². The minimum absolute atomic E-state index is 0.0341. The molecule has 0 spiro atoms. The van der Waals surface area contributed by atoms with Crippen molar-refractivity contribution in [3.63, 3.8) is 0 Å². The predicted molar refractivity (Wildman–Crippen MR) is 104 cm³/mol. The van der Waals surface area contributed by atoms with Crippen LogP contribution in [0.25, 0.3) is 0 Å². The van der Waals surface area contributed by atoms with E-state index in [1.165, 1.54) is 16.3 Å². The fourth-order valence-electron chi connectivity index (χ4n) is 3.47. The van der Waals surface area contributed by atoms with Crippen molar-refractivity contribution in [2.45, 2.75) is 56.7 Å². The second-order valence-electron chi connectivity index (χ2n) is 7.16. The lowest BCUT2D eigenvalue weighted by molar-refractivity contribution is -0.120. The standard InChI is InChI=1S/C19H26N4O3S/c1-14-20-18(22-26-14)19(8-5-3-4-6-9-19)21-16(24)13-27-12-15-7-10-23(2)17(25)11-15/h7,10-11H,3-6,8-9,12-13H2,1-2H3,(H,21,24). The molecular weight excluding hydrogens is 364 g/mol. The first kappa shape index (κ1) is 19.7. The van der Waals surface area contributed by atoms with Crippen LogP contribution in [0.3, 0.4) is 0 Å². The fraction of sp³-hybridized carbons (Fsp3) is 0.579. The highest BCUT2D eigenvalue weighted by Gasteiger charge is 2.38. The quantitative estimate of drug-likeness (QED) is 0.763. The van der Waals surface area contributed by atoms with Gasteiger partial charge in [-0.15, -0.1) is 11.8 Å². The molecule has 0 radical (unpaired) electrons. The van der Waals surface area contributed by atoms with Gasteiger partial charge in [0.2, 0.25) is 11.8 Å². The lowest BCUT2D eigenvalue weighted by atomic mass is 9.89. The van der Waals surface area contributed by atoms with E-state index in [4.69, 9.17) is 4.52 Å². The van der Waals surface area contributed by atoms with Gasteiger partial charge in [-0.25, -0.2) is 0 Å². The Hall–Kier alpha value is -2.09. The first-order chi connectivity index (χ1) is 13.0. The van der Waals surface area contributed by atoms with E-state index in [0.29, 0.717) is 23.2 Å². The van der Waals surface area contributed by atoms with Crippen molar-refractivity contribution >= 4 is 17.7 Å². The van der Waals surface area contributed by atoms with Crippen LogP contribution in [0.1, 0.15) is 55.8 Å². The zero-order chi connectivity index (χ0) is 19.3. The van der Waals surface area contributed by atoms with Crippen LogP contribution in [0.4, 0.5) is 0 Å². The zero-order valence-corrected chi connectivity index (χ0v) is 16.7. The first-order valence-corrected chi connectivity index (χ1v) is 10.5. The van der Waals surface area contributed by atoms with Crippen molar-refractivity contribution in [3.8, 4) is 0 Å². The average molecular weight is 391 g/mol. The molecule has 0 aliphatic heterocycles. The van der Waals surface area contributed by atoms with Crippen LogP contribution < -0.4 is 10.9 Å². The highest BCUT2D eigenvalue weighted by Crippen LogP contribution is 2.34. The van der Waals surface area contributed by atoms with Crippen LogP contribution in [0, 0.1) is 6.92 Å². The van der Waals surface area contributed by atoms with Gasteiger partial charge in [-0.1, -0.05) is 30.8 Å². The topological polar surface area (TPSA) is 90.0 Å². The minimum Gasteiger partial charge on any atom is -0.343 e. The van der Waals surface area contributed by atoms with Crippen molar-refractivity contribution in [1.82, 2.24) is 20.0 Å². The van der Waals surface area contributed by atoms with E-state index >= 15 is 0 Å². The van der Waals surface area contributed by atoms with Gasteiger partial charge >= 0.3 is 0 Å². The third-order valence-corrected chi connectivity index (χ3v) is 5.97. The van der Waals surface area contributed by atoms with Crippen LogP contribution >= 0.6 is 11.8 Å². The lowest BCUT2D eigenvalue weighted by Gasteiger charge is -2.30. The van der Waals surface area contributed by atoms with Crippen LogP contribution in [0.2, 0.25) is 0 Å². The summed E-state index contributed by atoms with van der Waals surface area (Å²) >= 11 is 1.50.